The molecule has 0 aliphatic carbocycles. The molecule has 0 unspecified atom stereocenters. The van der Waals surface area contributed by atoms with E-state index < -0.39 is 9.84 Å². The van der Waals surface area contributed by atoms with E-state index in [0.717, 1.165) is 5.69 Å². The van der Waals surface area contributed by atoms with Gasteiger partial charge in [-0.1, -0.05) is 13.8 Å². The molecule has 17 heavy (non-hydrogen) atoms. The quantitative estimate of drug-likeness (QED) is 0.612. The molecule has 0 amide bonds. The molecule has 0 spiro atoms. The average Bonchev–Trinajstić information content (AvgIpc) is 2.25. The Balaban J connectivity index is 3.13. The van der Waals surface area contributed by atoms with Crippen molar-refractivity contribution in [2.45, 2.75) is 38.3 Å². The van der Waals surface area contributed by atoms with E-state index in [4.69, 9.17) is 11.6 Å². The summed E-state index contributed by atoms with van der Waals surface area (Å²) < 4.78 is 23.9. The molecule has 0 aliphatic heterocycles. The van der Waals surface area contributed by atoms with Gasteiger partial charge in [0.2, 0.25) is 15.0 Å². The maximum absolute atomic E-state index is 11.9. The minimum absolute atomic E-state index is 0.00249. The van der Waals surface area contributed by atoms with Crippen LogP contribution in [0.3, 0.4) is 0 Å². The summed E-state index contributed by atoms with van der Waals surface area (Å²) >= 11 is 5.50. The van der Waals surface area contributed by atoms with Crippen LogP contribution in [0.15, 0.2) is 11.2 Å². The van der Waals surface area contributed by atoms with Gasteiger partial charge in [-0.05, 0) is 25.3 Å². The molecule has 96 valence electrons. The van der Waals surface area contributed by atoms with E-state index in [9.17, 15) is 8.42 Å². The molecule has 0 radical (unpaired) electrons. The van der Waals surface area contributed by atoms with E-state index in [1.54, 1.807) is 6.92 Å². The summed E-state index contributed by atoms with van der Waals surface area (Å²) in [7, 11) is -3.41. The highest BCUT2D eigenvalue weighted by molar-refractivity contribution is 7.91. The number of aryl methyl sites for hydroxylation is 1. The summed E-state index contributed by atoms with van der Waals surface area (Å²) in [5.41, 5.74) is 1.43. The van der Waals surface area contributed by atoms with Gasteiger partial charge in [0, 0.05) is 17.3 Å². The molecule has 4 nitrogen and oxygen atoms in total. The third kappa shape index (κ3) is 3.92. The standard InChI is InChI=1S/C11H17ClN2O2S/c1-8(2)10-7-9(3)13-11(14-10)17(15,16)6-4-5-12/h7-8H,4-6H2,1-3H3. The normalized spacial score (nSPS) is 12.1. The number of halogens is 1. The van der Waals surface area contributed by atoms with Crippen LogP contribution >= 0.6 is 11.6 Å². The van der Waals surface area contributed by atoms with Gasteiger partial charge in [0.25, 0.3) is 0 Å². The first-order valence-corrected chi connectivity index (χ1v) is 7.70. The zero-order valence-corrected chi connectivity index (χ0v) is 11.8. The predicted octanol–water partition coefficient (Wildman–Crippen LogP) is 2.31. The highest BCUT2D eigenvalue weighted by Gasteiger charge is 2.19. The van der Waals surface area contributed by atoms with Gasteiger partial charge in [0.05, 0.1) is 5.75 Å². The lowest BCUT2D eigenvalue weighted by atomic mass is 10.1. The Morgan fingerprint density at radius 3 is 2.53 bits per heavy atom. The van der Waals surface area contributed by atoms with Gasteiger partial charge in [-0.3, -0.25) is 0 Å². The van der Waals surface area contributed by atoms with Crippen LogP contribution in [0.2, 0.25) is 0 Å². The molecular weight excluding hydrogens is 260 g/mol. The predicted molar refractivity (Wildman–Crippen MR) is 68.2 cm³/mol. The topological polar surface area (TPSA) is 59.9 Å². The second-order valence-electron chi connectivity index (χ2n) is 4.23. The fourth-order valence-corrected chi connectivity index (χ4v) is 2.86. The molecule has 0 saturated carbocycles. The van der Waals surface area contributed by atoms with Crippen molar-refractivity contribution in [3.8, 4) is 0 Å². The van der Waals surface area contributed by atoms with Crippen LogP contribution in [-0.2, 0) is 9.84 Å². The van der Waals surface area contributed by atoms with Gasteiger partial charge < -0.3 is 0 Å². The van der Waals surface area contributed by atoms with Crippen LogP contribution < -0.4 is 0 Å². The summed E-state index contributed by atoms with van der Waals surface area (Å²) in [6.07, 6.45) is 0.415. The van der Waals surface area contributed by atoms with Crippen molar-refractivity contribution in [1.29, 1.82) is 0 Å². The molecule has 0 atom stereocenters. The van der Waals surface area contributed by atoms with Crippen LogP contribution in [0.1, 0.15) is 37.6 Å². The van der Waals surface area contributed by atoms with Crippen LogP contribution in [-0.4, -0.2) is 30.0 Å². The van der Waals surface area contributed by atoms with Gasteiger partial charge in [-0.2, -0.15) is 0 Å². The molecule has 0 fully saturated rings. The van der Waals surface area contributed by atoms with Crippen molar-refractivity contribution in [2.24, 2.45) is 0 Å². The lowest BCUT2D eigenvalue weighted by Gasteiger charge is -2.08. The molecule has 6 heteroatoms. The van der Waals surface area contributed by atoms with Crippen molar-refractivity contribution in [3.05, 3.63) is 17.5 Å². The lowest BCUT2D eigenvalue weighted by Crippen LogP contribution is -2.13. The number of rotatable bonds is 5. The first-order valence-electron chi connectivity index (χ1n) is 5.51. The molecule has 1 aromatic rings. The van der Waals surface area contributed by atoms with Gasteiger partial charge in [-0.25, -0.2) is 18.4 Å². The Morgan fingerprint density at radius 1 is 1.35 bits per heavy atom. The molecular formula is C11H17ClN2O2S. The van der Waals surface area contributed by atoms with Crippen molar-refractivity contribution in [1.82, 2.24) is 9.97 Å². The summed E-state index contributed by atoms with van der Waals surface area (Å²) in [5, 5.41) is -0.0775. The molecule has 0 aromatic carbocycles. The molecule has 0 bridgehead atoms. The van der Waals surface area contributed by atoms with Crippen LogP contribution in [0.5, 0.6) is 0 Å². The number of sulfone groups is 1. The maximum Gasteiger partial charge on any atom is 0.247 e. The smallest absolute Gasteiger partial charge is 0.224 e. The van der Waals surface area contributed by atoms with E-state index in [2.05, 4.69) is 9.97 Å². The van der Waals surface area contributed by atoms with E-state index in [0.29, 0.717) is 18.0 Å². The first kappa shape index (κ1) is 14.4. The number of hydrogen-bond acceptors (Lipinski definition) is 4. The fraction of sp³-hybridized carbons (Fsp3) is 0.636. The molecule has 1 rings (SSSR count). The Labute approximate surface area is 107 Å². The molecule has 1 heterocycles. The van der Waals surface area contributed by atoms with E-state index in [-0.39, 0.29) is 16.8 Å². The van der Waals surface area contributed by atoms with Gasteiger partial charge in [0.15, 0.2) is 0 Å². The van der Waals surface area contributed by atoms with E-state index in [1.807, 2.05) is 19.9 Å². The van der Waals surface area contributed by atoms with E-state index in [1.165, 1.54) is 0 Å². The van der Waals surface area contributed by atoms with Crippen LogP contribution in [0.4, 0.5) is 0 Å². The summed E-state index contributed by atoms with van der Waals surface area (Å²) in [6.45, 7) is 5.71. The Hall–Kier alpha value is -0.680. The van der Waals surface area contributed by atoms with Crippen LogP contribution in [0.25, 0.3) is 0 Å². The van der Waals surface area contributed by atoms with Gasteiger partial charge >= 0.3 is 0 Å². The fourth-order valence-electron chi connectivity index (χ4n) is 1.34. The average molecular weight is 277 g/mol. The lowest BCUT2D eigenvalue weighted by molar-refractivity contribution is 0.582. The third-order valence-electron chi connectivity index (χ3n) is 2.27. The minimum Gasteiger partial charge on any atom is -0.224 e. The number of hydrogen-bond donors (Lipinski definition) is 0. The van der Waals surface area contributed by atoms with E-state index >= 15 is 0 Å². The summed E-state index contributed by atoms with van der Waals surface area (Å²) in [5.74, 6) is 0.498. The highest BCUT2D eigenvalue weighted by Crippen LogP contribution is 2.15. The monoisotopic (exact) mass is 276 g/mol. The first-order chi connectivity index (χ1) is 7.86. The molecule has 0 aliphatic rings. The number of aromatic nitrogens is 2. The summed E-state index contributed by atoms with van der Waals surface area (Å²) in [6, 6.07) is 1.81. The Kier molecular flexibility index (Phi) is 4.89. The second kappa shape index (κ2) is 5.78. The molecule has 0 N–H and O–H groups in total. The number of nitrogens with zero attached hydrogens (tertiary/aromatic N) is 2. The van der Waals surface area contributed by atoms with Crippen molar-refractivity contribution in [2.75, 3.05) is 11.6 Å². The largest absolute Gasteiger partial charge is 0.247 e. The minimum atomic E-state index is -3.41. The van der Waals surface area contributed by atoms with Gasteiger partial charge in [-0.15, -0.1) is 11.6 Å². The Morgan fingerprint density at radius 2 is 2.00 bits per heavy atom. The number of alkyl halides is 1. The highest BCUT2D eigenvalue weighted by atomic mass is 35.5. The van der Waals surface area contributed by atoms with Crippen molar-refractivity contribution < 1.29 is 8.42 Å². The third-order valence-corrected chi connectivity index (χ3v) is 4.10. The van der Waals surface area contributed by atoms with Crippen molar-refractivity contribution >= 4 is 21.4 Å². The van der Waals surface area contributed by atoms with Gasteiger partial charge in [0.1, 0.15) is 0 Å². The molecule has 0 saturated heterocycles. The SMILES string of the molecule is Cc1cc(C(C)C)nc(S(=O)(=O)CCCCl)n1. The Bertz CT molecular complexity index is 486. The van der Waals surface area contributed by atoms with Crippen LogP contribution in [0, 0.1) is 6.92 Å². The summed E-state index contributed by atoms with van der Waals surface area (Å²) in [4.78, 5) is 8.11. The zero-order chi connectivity index (χ0) is 13.1. The zero-order valence-electron chi connectivity index (χ0n) is 10.3. The second-order valence-corrected chi connectivity index (χ2v) is 6.61. The molecule has 1 aromatic heterocycles. The van der Waals surface area contributed by atoms with Crippen molar-refractivity contribution in [3.63, 3.8) is 0 Å². The maximum atomic E-state index is 11.9.